The van der Waals surface area contributed by atoms with Crippen molar-refractivity contribution in [2.45, 2.75) is 19.8 Å². The molecule has 4 heteroatoms. The number of hydrogen-bond acceptors (Lipinski definition) is 4. The molecule has 0 amide bonds. The van der Waals surface area contributed by atoms with Crippen molar-refractivity contribution in [2.75, 3.05) is 0 Å². The fraction of sp³-hybridized carbons (Fsp3) is 0. The zero-order valence-electron chi connectivity index (χ0n) is 19.3. The zero-order valence-corrected chi connectivity index (χ0v) is 20.9. The molecule has 0 atom stereocenters. The van der Waals surface area contributed by atoms with Crippen molar-refractivity contribution in [1.82, 2.24) is 9.97 Å². The molecule has 0 saturated heterocycles. The van der Waals surface area contributed by atoms with Gasteiger partial charge in [-0.05, 0) is 68.7 Å². The Balaban J connectivity index is 1.36. The summed E-state index contributed by atoms with van der Waals surface area (Å²) in [6, 6.07) is 42.8. The molecule has 0 fully saturated rings. The van der Waals surface area contributed by atoms with Gasteiger partial charge in [-0.1, -0.05) is 108 Å². The molecule has 0 radical (unpaired) electrons. The standard InChI is InChI=1S/C32H20N2S2/c1-3-9-23-17-27(15-13-21(23)7-1)35-31-32(36-28-16-14-22-8-2-4-10-24(22)18-28)34-30-20-26-12-6-5-11-25(26)19-29(30)33-31/h1-20H. The van der Waals surface area contributed by atoms with E-state index in [9.17, 15) is 0 Å². The molecule has 2 nitrogen and oxygen atoms in total. The van der Waals surface area contributed by atoms with E-state index in [0.29, 0.717) is 0 Å². The van der Waals surface area contributed by atoms with Gasteiger partial charge < -0.3 is 0 Å². The van der Waals surface area contributed by atoms with Crippen LogP contribution in [0.2, 0.25) is 0 Å². The van der Waals surface area contributed by atoms with Gasteiger partial charge in [0, 0.05) is 9.79 Å². The van der Waals surface area contributed by atoms with E-state index >= 15 is 0 Å². The highest BCUT2D eigenvalue weighted by molar-refractivity contribution is 8.02. The second-order valence-corrected chi connectivity index (χ2v) is 10.9. The van der Waals surface area contributed by atoms with Crippen LogP contribution in [0, 0.1) is 0 Å². The number of rotatable bonds is 4. The summed E-state index contributed by atoms with van der Waals surface area (Å²) in [7, 11) is 0. The van der Waals surface area contributed by atoms with Gasteiger partial charge in [0.15, 0.2) is 0 Å². The van der Waals surface area contributed by atoms with Crippen molar-refractivity contribution in [2.24, 2.45) is 0 Å². The summed E-state index contributed by atoms with van der Waals surface area (Å²) in [4.78, 5) is 12.6. The Kier molecular flexibility index (Phi) is 5.34. The monoisotopic (exact) mass is 496 g/mol. The van der Waals surface area contributed by atoms with Crippen LogP contribution >= 0.6 is 23.5 Å². The predicted molar refractivity (Wildman–Crippen MR) is 153 cm³/mol. The molecule has 170 valence electrons. The van der Waals surface area contributed by atoms with Gasteiger partial charge >= 0.3 is 0 Å². The third kappa shape index (κ3) is 4.09. The highest BCUT2D eigenvalue weighted by Crippen LogP contribution is 2.39. The van der Waals surface area contributed by atoms with E-state index in [1.54, 1.807) is 23.5 Å². The number of aromatic nitrogens is 2. The summed E-state index contributed by atoms with van der Waals surface area (Å²) in [5.74, 6) is 0. The lowest BCUT2D eigenvalue weighted by atomic mass is 10.1. The van der Waals surface area contributed by atoms with Crippen molar-refractivity contribution in [3.8, 4) is 0 Å². The van der Waals surface area contributed by atoms with Gasteiger partial charge in [0.2, 0.25) is 0 Å². The SMILES string of the molecule is c1ccc2cc(Sc3nc4cc5ccccc5cc4nc3Sc3ccc4ccccc4c3)ccc2c1. The van der Waals surface area contributed by atoms with Crippen LogP contribution in [0.4, 0.5) is 0 Å². The van der Waals surface area contributed by atoms with Crippen molar-refractivity contribution >= 4 is 66.9 Å². The third-order valence-corrected chi connectivity index (χ3v) is 8.41. The van der Waals surface area contributed by atoms with E-state index in [1.807, 2.05) is 0 Å². The summed E-state index contributed by atoms with van der Waals surface area (Å²) in [5, 5.41) is 9.13. The smallest absolute Gasteiger partial charge is 0.134 e. The lowest BCUT2D eigenvalue weighted by Gasteiger charge is -2.11. The molecule has 7 aromatic rings. The molecule has 0 aliphatic heterocycles. The molecule has 7 rings (SSSR count). The molecule has 0 saturated carbocycles. The fourth-order valence-corrected chi connectivity index (χ4v) is 6.42. The molecule has 36 heavy (non-hydrogen) atoms. The predicted octanol–water partition coefficient (Wildman–Crippen LogP) is 9.39. The lowest BCUT2D eigenvalue weighted by Crippen LogP contribution is -1.93. The first-order chi connectivity index (χ1) is 17.8. The molecule has 0 aliphatic carbocycles. The summed E-state index contributed by atoms with van der Waals surface area (Å²) in [6.07, 6.45) is 0. The van der Waals surface area contributed by atoms with Gasteiger partial charge in [-0.25, -0.2) is 9.97 Å². The number of nitrogens with zero attached hydrogens (tertiary/aromatic N) is 2. The summed E-state index contributed by atoms with van der Waals surface area (Å²) < 4.78 is 0. The number of hydrogen-bond donors (Lipinski definition) is 0. The van der Waals surface area contributed by atoms with Gasteiger partial charge in [-0.15, -0.1) is 0 Å². The first kappa shape index (κ1) is 21.4. The molecular weight excluding hydrogens is 477 g/mol. The van der Waals surface area contributed by atoms with Crippen LogP contribution in [0.25, 0.3) is 43.4 Å². The molecule has 1 heterocycles. The Morgan fingerprint density at radius 2 is 0.722 bits per heavy atom. The number of benzene rings is 6. The van der Waals surface area contributed by atoms with Crippen LogP contribution < -0.4 is 0 Å². The normalized spacial score (nSPS) is 11.6. The van der Waals surface area contributed by atoms with Gasteiger partial charge in [0.05, 0.1) is 11.0 Å². The highest BCUT2D eigenvalue weighted by atomic mass is 32.2. The summed E-state index contributed by atoms with van der Waals surface area (Å²) in [5.41, 5.74) is 1.83. The maximum Gasteiger partial charge on any atom is 0.134 e. The fourth-order valence-electron chi connectivity index (χ4n) is 4.53. The topological polar surface area (TPSA) is 25.8 Å². The van der Waals surface area contributed by atoms with E-state index in [4.69, 9.17) is 9.97 Å². The first-order valence-electron chi connectivity index (χ1n) is 11.8. The van der Waals surface area contributed by atoms with Crippen LogP contribution in [0.5, 0.6) is 0 Å². The van der Waals surface area contributed by atoms with Crippen molar-refractivity contribution in [3.05, 3.63) is 121 Å². The van der Waals surface area contributed by atoms with E-state index in [2.05, 4.69) is 121 Å². The maximum atomic E-state index is 5.14. The minimum Gasteiger partial charge on any atom is -0.237 e. The second kappa shape index (κ2) is 8.98. The minimum atomic E-state index is 0.917. The Morgan fingerprint density at radius 1 is 0.361 bits per heavy atom. The summed E-state index contributed by atoms with van der Waals surface area (Å²) >= 11 is 3.36. The van der Waals surface area contributed by atoms with E-state index in [-0.39, 0.29) is 0 Å². The van der Waals surface area contributed by atoms with Crippen LogP contribution in [-0.2, 0) is 0 Å². The molecule has 6 aromatic carbocycles. The zero-order chi connectivity index (χ0) is 23.9. The molecular formula is C32H20N2S2. The van der Waals surface area contributed by atoms with Gasteiger partial charge in [-0.3, -0.25) is 0 Å². The minimum absolute atomic E-state index is 0.917. The molecule has 0 N–H and O–H groups in total. The summed E-state index contributed by atoms with van der Waals surface area (Å²) in [6.45, 7) is 0. The molecule has 0 bridgehead atoms. The van der Waals surface area contributed by atoms with E-state index < -0.39 is 0 Å². The van der Waals surface area contributed by atoms with Crippen LogP contribution in [-0.4, -0.2) is 9.97 Å². The maximum absolute atomic E-state index is 5.14. The Labute approximate surface area is 217 Å². The quantitative estimate of drug-likeness (QED) is 0.227. The van der Waals surface area contributed by atoms with Crippen LogP contribution in [0.1, 0.15) is 0 Å². The van der Waals surface area contributed by atoms with Crippen molar-refractivity contribution in [3.63, 3.8) is 0 Å². The van der Waals surface area contributed by atoms with E-state index in [1.165, 1.54) is 32.3 Å². The molecule has 0 aliphatic rings. The van der Waals surface area contributed by atoms with Crippen molar-refractivity contribution < 1.29 is 0 Å². The van der Waals surface area contributed by atoms with Crippen LogP contribution in [0.15, 0.2) is 141 Å². The second-order valence-electron chi connectivity index (χ2n) is 8.74. The molecule has 1 aromatic heterocycles. The molecule has 0 unspecified atom stereocenters. The average Bonchev–Trinajstić information content (AvgIpc) is 2.92. The lowest BCUT2D eigenvalue weighted by molar-refractivity contribution is 0.969. The van der Waals surface area contributed by atoms with E-state index in [0.717, 1.165) is 30.9 Å². The Morgan fingerprint density at radius 3 is 1.14 bits per heavy atom. The van der Waals surface area contributed by atoms with Gasteiger partial charge in [0.1, 0.15) is 10.1 Å². The Hall–Kier alpha value is -3.86. The first-order valence-corrected chi connectivity index (χ1v) is 13.5. The molecule has 0 spiro atoms. The van der Waals surface area contributed by atoms with Crippen molar-refractivity contribution in [1.29, 1.82) is 0 Å². The largest absolute Gasteiger partial charge is 0.237 e. The van der Waals surface area contributed by atoms with Crippen LogP contribution in [0.3, 0.4) is 0 Å². The average molecular weight is 497 g/mol. The number of fused-ring (bicyclic) bond motifs is 4. The Bertz CT molecular complexity index is 1770. The third-order valence-electron chi connectivity index (χ3n) is 6.34. The van der Waals surface area contributed by atoms with Gasteiger partial charge in [0.25, 0.3) is 0 Å². The highest BCUT2D eigenvalue weighted by Gasteiger charge is 2.14. The van der Waals surface area contributed by atoms with Gasteiger partial charge in [-0.2, -0.15) is 0 Å².